The Morgan fingerprint density at radius 3 is 1.30 bits per heavy atom. The fraction of sp³-hybridized carbons (Fsp3) is 0. The van der Waals surface area contributed by atoms with Crippen LogP contribution in [0.1, 0.15) is 0 Å². The van der Waals surface area contributed by atoms with Crippen molar-refractivity contribution in [2.24, 2.45) is 0 Å². The van der Waals surface area contributed by atoms with Crippen LogP contribution in [0.25, 0.3) is 0 Å². The molecule has 0 bridgehead atoms. The van der Waals surface area contributed by atoms with E-state index >= 15 is 0 Å². The Bertz CT molecular complexity index is 887. The standard InChI is InChI=1S/C6H6O11S3.3Na/c7-2-1-3(18(9,10)11)5(19(12,13)14)6(4(2)8)20(15,16)17;;;/h1,7-8H,(H,9,10,11)(H,12,13,14)(H,15,16,17);;;/q;3*+1/p-3. The maximum Gasteiger partial charge on any atom is 1.00 e. The molecule has 1 aromatic rings. The molecule has 0 amide bonds. The average Bonchev–Trinajstić information content (AvgIpc) is 2.15. The van der Waals surface area contributed by atoms with Crippen LogP contribution in [0.15, 0.2) is 20.8 Å². The van der Waals surface area contributed by atoms with Crippen LogP contribution < -0.4 is 88.7 Å². The second-order valence-corrected chi connectivity index (χ2v) is 7.24. The van der Waals surface area contributed by atoms with Gasteiger partial charge in [-0.1, -0.05) is 0 Å². The van der Waals surface area contributed by atoms with Gasteiger partial charge in [0.2, 0.25) is 0 Å². The van der Waals surface area contributed by atoms with E-state index in [1.165, 1.54) is 0 Å². The van der Waals surface area contributed by atoms with E-state index in [1.54, 1.807) is 0 Å². The molecule has 1 rings (SSSR count). The van der Waals surface area contributed by atoms with Gasteiger partial charge in [-0.15, -0.1) is 0 Å². The second-order valence-electron chi connectivity index (χ2n) is 3.26. The first kappa shape index (κ1) is 29.3. The third-order valence-electron chi connectivity index (χ3n) is 1.92. The summed E-state index contributed by atoms with van der Waals surface area (Å²) in [4.78, 5) is -6.41. The minimum absolute atomic E-state index is 0. The van der Waals surface area contributed by atoms with E-state index in [1.807, 2.05) is 0 Å². The van der Waals surface area contributed by atoms with Gasteiger partial charge in [0.15, 0.2) is 11.5 Å². The van der Waals surface area contributed by atoms with Crippen molar-refractivity contribution in [2.45, 2.75) is 14.7 Å². The maximum atomic E-state index is 10.9. The van der Waals surface area contributed by atoms with Gasteiger partial charge in [-0.05, 0) is 0 Å². The monoisotopic (exact) mass is 416 g/mol. The number of phenols is 2. The molecule has 11 nitrogen and oxygen atoms in total. The molecule has 0 atom stereocenters. The Morgan fingerprint density at radius 1 is 0.696 bits per heavy atom. The molecule has 0 fully saturated rings. The topological polar surface area (TPSA) is 212 Å². The van der Waals surface area contributed by atoms with Crippen LogP contribution in [0, 0.1) is 0 Å². The number of phenolic OH excluding ortho intramolecular Hbond substituents is 2. The number of aromatic hydroxyl groups is 2. The summed E-state index contributed by atoms with van der Waals surface area (Å²) in [6.45, 7) is 0. The van der Waals surface area contributed by atoms with Crippen LogP contribution >= 0.6 is 0 Å². The average molecular weight is 416 g/mol. The predicted octanol–water partition coefficient (Wildman–Crippen LogP) is -11.2. The first-order chi connectivity index (χ1) is 8.67. The van der Waals surface area contributed by atoms with Gasteiger partial charge in [0.25, 0.3) is 0 Å². The Hall–Kier alpha value is 1.55. The van der Waals surface area contributed by atoms with Crippen LogP contribution in [-0.4, -0.2) is 49.1 Å². The van der Waals surface area contributed by atoms with Gasteiger partial charge in [-0.2, -0.15) is 0 Å². The van der Waals surface area contributed by atoms with E-state index in [4.69, 9.17) is 10.2 Å². The minimum atomic E-state index is -5.95. The van der Waals surface area contributed by atoms with E-state index in [9.17, 15) is 38.9 Å². The SMILES string of the molecule is O=S(=O)([O-])c1cc(O)c(O)c(S(=O)(=O)[O-])c1S(=O)(=O)[O-].[Na+].[Na+].[Na+]. The van der Waals surface area contributed by atoms with Crippen molar-refractivity contribution in [1.29, 1.82) is 0 Å². The largest absolute Gasteiger partial charge is 1.00 e. The molecule has 0 saturated carbocycles. The van der Waals surface area contributed by atoms with Crippen molar-refractivity contribution in [2.75, 3.05) is 0 Å². The molecule has 0 saturated heterocycles. The molecule has 0 spiro atoms. The Kier molecular flexibility index (Phi) is 12.1. The number of benzene rings is 1. The van der Waals surface area contributed by atoms with Crippen molar-refractivity contribution in [3.05, 3.63) is 6.07 Å². The van der Waals surface area contributed by atoms with Crippen molar-refractivity contribution in [1.82, 2.24) is 0 Å². The Balaban J connectivity index is -0.00000133. The first-order valence-corrected chi connectivity index (χ1v) is 8.36. The fourth-order valence-corrected chi connectivity index (χ4v) is 4.43. The summed E-state index contributed by atoms with van der Waals surface area (Å²) in [6, 6.07) is -0.156. The summed E-state index contributed by atoms with van der Waals surface area (Å²) < 4.78 is 97.5. The van der Waals surface area contributed by atoms with Gasteiger partial charge in [-0.3, -0.25) is 0 Å². The van der Waals surface area contributed by atoms with E-state index in [2.05, 4.69) is 0 Å². The van der Waals surface area contributed by atoms with Gasteiger partial charge >= 0.3 is 88.7 Å². The van der Waals surface area contributed by atoms with Gasteiger partial charge in [0.1, 0.15) is 35.2 Å². The van der Waals surface area contributed by atoms with Crippen LogP contribution in [0.3, 0.4) is 0 Å². The van der Waals surface area contributed by atoms with E-state index in [0.29, 0.717) is 0 Å². The number of hydrogen-bond donors (Lipinski definition) is 2. The zero-order valence-electron chi connectivity index (χ0n) is 11.9. The van der Waals surface area contributed by atoms with Crippen molar-refractivity contribution in [3.8, 4) is 11.5 Å². The summed E-state index contributed by atoms with van der Waals surface area (Å²) in [7, 11) is -17.6. The molecule has 0 aliphatic carbocycles. The van der Waals surface area contributed by atoms with Crippen LogP contribution in [0.4, 0.5) is 0 Å². The van der Waals surface area contributed by atoms with Crippen LogP contribution in [-0.2, 0) is 30.4 Å². The van der Waals surface area contributed by atoms with Crippen molar-refractivity contribution in [3.63, 3.8) is 0 Å². The molecule has 23 heavy (non-hydrogen) atoms. The van der Waals surface area contributed by atoms with Gasteiger partial charge in [0, 0.05) is 6.07 Å². The third kappa shape index (κ3) is 6.99. The molecule has 1 aromatic carbocycles. The molecule has 0 unspecified atom stereocenters. The number of hydrogen-bond acceptors (Lipinski definition) is 11. The van der Waals surface area contributed by atoms with Crippen molar-refractivity contribution >= 4 is 30.4 Å². The molecule has 0 aliphatic rings. The zero-order valence-corrected chi connectivity index (χ0v) is 20.3. The molecule has 0 radical (unpaired) electrons. The summed E-state index contributed by atoms with van der Waals surface area (Å²) >= 11 is 0. The zero-order chi connectivity index (χ0) is 16.1. The summed E-state index contributed by atoms with van der Waals surface area (Å²) in [5.41, 5.74) is 0. The summed E-state index contributed by atoms with van der Waals surface area (Å²) in [6.07, 6.45) is 0. The van der Waals surface area contributed by atoms with E-state index in [-0.39, 0.29) is 94.7 Å². The molecule has 2 N–H and O–H groups in total. The molecular weight excluding hydrogens is 413 g/mol. The fourth-order valence-electron chi connectivity index (χ4n) is 1.25. The van der Waals surface area contributed by atoms with E-state index in [0.717, 1.165) is 0 Å². The predicted molar refractivity (Wildman–Crippen MR) is 53.7 cm³/mol. The Morgan fingerprint density at radius 2 is 1.04 bits per heavy atom. The van der Waals surface area contributed by atoms with Gasteiger partial charge in [-0.25, -0.2) is 25.3 Å². The summed E-state index contributed by atoms with van der Waals surface area (Å²) in [5.74, 6) is -3.44. The van der Waals surface area contributed by atoms with E-state index < -0.39 is 56.5 Å². The van der Waals surface area contributed by atoms with Crippen LogP contribution in [0.2, 0.25) is 0 Å². The molecular formula is C6H3Na3O11S3. The quantitative estimate of drug-likeness (QED) is 0.268. The molecule has 0 heterocycles. The molecule has 17 heteroatoms. The molecule has 114 valence electrons. The maximum absolute atomic E-state index is 10.9. The molecule has 0 aromatic heterocycles. The van der Waals surface area contributed by atoms with Crippen molar-refractivity contribution < 1.29 is 138 Å². The third-order valence-corrected chi connectivity index (χ3v) is 4.87. The first-order valence-electron chi connectivity index (χ1n) is 4.14. The Labute approximate surface area is 197 Å². The van der Waals surface area contributed by atoms with Crippen LogP contribution in [0.5, 0.6) is 11.5 Å². The second kappa shape index (κ2) is 9.48. The smallest absolute Gasteiger partial charge is 0.744 e. The molecule has 0 aliphatic heterocycles. The van der Waals surface area contributed by atoms with Gasteiger partial charge < -0.3 is 23.9 Å². The summed E-state index contributed by atoms with van der Waals surface area (Å²) in [5, 5.41) is 18.2. The van der Waals surface area contributed by atoms with Gasteiger partial charge in [0.05, 0.1) is 9.79 Å². The normalized spacial score (nSPS) is 11.6. The number of rotatable bonds is 3. The minimum Gasteiger partial charge on any atom is -0.744 e.